The maximum Gasteiger partial charge on any atom is 0.337 e. The molecule has 0 radical (unpaired) electrons. The quantitative estimate of drug-likeness (QED) is 0.879. The van der Waals surface area contributed by atoms with Crippen LogP contribution in [0.2, 0.25) is 5.02 Å². The van der Waals surface area contributed by atoms with Gasteiger partial charge in [-0.05, 0) is 18.2 Å². The van der Waals surface area contributed by atoms with Crippen molar-refractivity contribution in [1.82, 2.24) is 15.0 Å². The number of hydrogen-bond acceptors (Lipinski definition) is 4. The number of hydrogen-bond donors (Lipinski definition) is 2. The molecule has 0 aliphatic rings. The van der Waals surface area contributed by atoms with Crippen molar-refractivity contribution in [2.45, 2.75) is 6.54 Å². The molecule has 8 heteroatoms. The molecule has 0 atom stereocenters. The molecule has 0 saturated carbocycles. The van der Waals surface area contributed by atoms with Crippen molar-refractivity contribution in [2.75, 3.05) is 5.32 Å². The number of halogens is 1. The Balaban J connectivity index is 2.14. The Morgan fingerprint density at radius 3 is 2.84 bits per heavy atom. The van der Waals surface area contributed by atoms with Gasteiger partial charge in [-0.25, -0.2) is 9.48 Å². The third-order valence-electron chi connectivity index (χ3n) is 2.26. The average molecular weight is 281 g/mol. The van der Waals surface area contributed by atoms with Gasteiger partial charge < -0.3 is 10.4 Å². The number of aromatic nitrogens is 3. The minimum Gasteiger partial charge on any atom is -0.478 e. The van der Waals surface area contributed by atoms with Crippen molar-refractivity contribution in [3.8, 4) is 0 Å². The van der Waals surface area contributed by atoms with Crippen LogP contribution in [-0.2, 0) is 11.3 Å². The van der Waals surface area contributed by atoms with E-state index in [1.54, 1.807) is 0 Å². The van der Waals surface area contributed by atoms with Crippen molar-refractivity contribution in [3.05, 3.63) is 41.2 Å². The van der Waals surface area contributed by atoms with E-state index in [-0.39, 0.29) is 22.8 Å². The van der Waals surface area contributed by atoms with Gasteiger partial charge in [0.15, 0.2) is 0 Å². The molecule has 2 rings (SSSR count). The molecule has 0 fully saturated rings. The lowest BCUT2D eigenvalue weighted by molar-refractivity contribution is -0.116. The number of nitrogens with one attached hydrogen (secondary N) is 1. The molecule has 1 aromatic carbocycles. The normalized spacial score (nSPS) is 10.2. The summed E-state index contributed by atoms with van der Waals surface area (Å²) < 4.78 is 1.33. The van der Waals surface area contributed by atoms with Gasteiger partial charge in [0.2, 0.25) is 5.91 Å². The van der Waals surface area contributed by atoms with E-state index in [9.17, 15) is 9.59 Å². The number of carbonyl (C=O) groups is 2. The van der Waals surface area contributed by atoms with E-state index in [1.165, 1.54) is 35.3 Å². The third-order valence-corrected chi connectivity index (χ3v) is 2.50. The Morgan fingerprint density at radius 1 is 1.42 bits per heavy atom. The Morgan fingerprint density at radius 2 is 2.21 bits per heavy atom. The Bertz CT molecular complexity index is 612. The van der Waals surface area contributed by atoms with Gasteiger partial charge in [-0.1, -0.05) is 16.8 Å². The predicted octanol–water partition coefficient (Wildman–Crippen LogP) is 1.27. The number of carboxylic acids is 1. The van der Waals surface area contributed by atoms with E-state index >= 15 is 0 Å². The molecule has 0 unspecified atom stereocenters. The number of rotatable bonds is 4. The summed E-state index contributed by atoms with van der Waals surface area (Å²) in [6, 6.07) is 4.21. The standard InChI is InChI=1S/C11H9ClN4O3/c12-7-1-2-9(8(5-7)11(18)19)14-10(17)6-16-4-3-13-15-16/h1-5H,6H2,(H,14,17)(H,18,19). The van der Waals surface area contributed by atoms with E-state index in [0.717, 1.165) is 0 Å². The maximum atomic E-state index is 11.7. The lowest BCUT2D eigenvalue weighted by Gasteiger charge is -2.08. The number of aromatic carboxylic acids is 1. The summed E-state index contributed by atoms with van der Waals surface area (Å²) in [5.41, 5.74) is 0.112. The van der Waals surface area contributed by atoms with Gasteiger partial charge in [-0.3, -0.25) is 4.79 Å². The second-order valence-corrected chi connectivity index (χ2v) is 4.08. The first-order chi connectivity index (χ1) is 9.06. The van der Waals surface area contributed by atoms with Crippen molar-refractivity contribution < 1.29 is 14.7 Å². The summed E-state index contributed by atoms with van der Waals surface area (Å²) in [4.78, 5) is 22.7. The Hall–Kier alpha value is -2.41. The van der Waals surface area contributed by atoms with Crippen molar-refractivity contribution >= 4 is 29.2 Å². The van der Waals surface area contributed by atoms with Gasteiger partial charge in [-0.2, -0.15) is 0 Å². The van der Waals surface area contributed by atoms with Crippen LogP contribution in [0.25, 0.3) is 0 Å². The molecule has 2 aromatic rings. The van der Waals surface area contributed by atoms with Crippen LogP contribution in [0, 0.1) is 0 Å². The minimum atomic E-state index is -1.17. The smallest absolute Gasteiger partial charge is 0.337 e. The number of carbonyl (C=O) groups excluding carboxylic acids is 1. The van der Waals surface area contributed by atoms with E-state index in [4.69, 9.17) is 16.7 Å². The first kappa shape index (κ1) is 13.0. The molecule has 19 heavy (non-hydrogen) atoms. The molecule has 7 nitrogen and oxygen atoms in total. The number of anilines is 1. The topological polar surface area (TPSA) is 97.1 Å². The second kappa shape index (κ2) is 5.49. The van der Waals surface area contributed by atoms with Crippen LogP contribution in [-0.4, -0.2) is 32.0 Å². The first-order valence-corrected chi connectivity index (χ1v) is 5.61. The molecule has 1 amide bonds. The fourth-order valence-corrected chi connectivity index (χ4v) is 1.63. The van der Waals surface area contributed by atoms with Crippen molar-refractivity contribution in [2.24, 2.45) is 0 Å². The van der Waals surface area contributed by atoms with E-state index < -0.39 is 11.9 Å². The van der Waals surface area contributed by atoms with E-state index in [2.05, 4.69) is 15.6 Å². The summed E-state index contributed by atoms with van der Waals surface area (Å²) in [6.45, 7) is -0.0539. The first-order valence-electron chi connectivity index (χ1n) is 5.23. The Kier molecular flexibility index (Phi) is 3.76. The lowest BCUT2D eigenvalue weighted by Crippen LogP contribution is -2.20. The average Bonchev–Trinajstić information content (AvgIpc) is 2.83. The molecular weight excluding hydrogens is 272 g/mol. The van der Waals surface area contributed by atoms with Crippen molar-refractivity contribution in [1.29, 1.82) is 0 Å². The fourth-order valence-electron chi connectivity index (χ4n) is 1.46. The summed E-state index contributed by atoms with van der Waals surface area (Å²) in [5.74, 6) is -1.58. The third kappa shape index (κ3) is 3.29. The molecule has 1 aromatic heterocycles. The van der Waals surface area contributed by atoms with Crippen LogP contribution >= 0.6 is 11.6 Å². The highest BCUT2D eigenvalue weighted by molar-refractivity contribution is 6.31. The molecule has 2 N–H and O–H groups in total. The molecule has 98 valence electrons. The summed E-state index contributed by atoms with van der Waals surface area (Å²) in [5, 5.41) is 19.0. The predicted molar refractivity (Wildman–Crippen MR) is 67.1 cm³/mol. The van der Waals surface area contributed by atoms with Crippen LogP contribution in [0.3, 0.4) is 0 Å². The number of carboxylic acid groups (broad SMARTS) is 1. The van der Waals surface area contributed by atoms with Gasteiger partial charge >= 0.3 is 5.97 Å². The molecular formula is C11H9ClN4O3. The highest BCUT2D eigenvalue weighted by Crippen LogP contribution is 2.20. The SMILES string of the molecule is O=C(Cn1ccnn1)Nc1ccc(Cl)cc1C(=O)O. The molecule has 0 bridgehead atoms. The van der Waals surface area contributed by atoms with Gasteiger partial charge in [0.25, 0.3) is 0 Å². The number of nitrogens with zero attached hydrogens (tertiary/aromatic N) is 3. The number of amides is 1. The zero-order chi connectivity index (χ0) is 13.8. The molecule has 0 saturated heterocycles. The zero-order valence-corrected chi connectivity index (χ0v) is 10.3. The van der Waals surface area contributed by atoms with Crippen LogP contribution in [0.1, 0.15) is 10.4 Å². The molecule has 0 aliphatic heterocycles. The fraction of sp³-hybridized carbons (Fsp3) is 0.0909. The highest BCUT2D eigenvalue weighted by Gasteiger charge is 2.13. The van der Waals surface area contributed by atoms with Gasteiger partial charge in [0.05, 0.1) is 17.4 Å². The summed E-state index contributed by atoms with van der Waals surface area (Å²) >= 11 is 5.71. The van der Waals surface area contributed by atoms with Crippen LogP contribution in [0.15, 0.2) is 30.6 Å². The van der Waals surface area contributed by atoms with Crippen molar-refractivity contribution in [3.63, 3.8) is 0 Å². The van der Waals surface area contributed by atoms with Gasteiger partial charge in [0.1, 0.15) is 6.54 Å². The van der Waals surface area contributed by atoms with Crippen LogP contribution < -0.4 is 5.32 Å². The summed E-state index contributed by atoms with van der Waals surface area (Å²) in [6.07, 6.45) is 2.97. The molecule has 1 heterocycles. The molecule has 0 spiro atoms. The maximum absolute atomic E-state index is 11.7. The van der Waals surface area contributed by atoms with Gasteiger partial charge in [0, 0.05) is 11.2 Å². The second-order valence-electron chi connectivity index (χ2n) is 3.64. The minimum absolute atomic E-state index is 0.0539. The molecule has 0 aliphatic carbocycles. The lowest BCUT2D eigenvalue weighted by atomic mass is 10.2. The number of benzene rings is 1. The van der Waals surface area contributed by atoms with Gasteiger partial charge in [-0.15, -0.1) is 5.10 Å². The zero-order valence-electron chi connectivity index (χ0n) is 9.58. The highest BCUT2D eigenvalue weighted by atomic mass is 35.5. The van der Waals surface area contributed by atoms with E-state index in [1.807, 2.05) is 0 Å². The monoisotopic (exact) mass is 280 g/mol. The van der Waals surface area contributed by atoms with E-state index in [0.29, 0.717) is 0 Å². The Labute approximate surface area is 112 Å². The summed E-state index contributed by atoms with van der Waals surface area (Å²) in [7, 11) is 0. The largest absolute Gasteiger partial charge is 0.478 e. The van der Waals surface area contributed by atoms with Crippen LogP contribution in [0.5, 0.6) is 0 Å². The van der Waals surface area contributed by atoms with Crippen LogP contribution in [0.4, 0.5) is 5.69 Å².